The Bertz CT molecular complexity index is 253. The lowest BCUT2D eigenvalue weighted by atomic mass is 9.88. The van der Waals surface area contributed by atoms with Gasteiger partial charge < -0.3 is 9.64 Å². The minimum absolute atomic E-state index is 0.00160. The molecule has 0 aromatic heterocycles. The van der Waals surface area contributed by atoms with Crippen LogP contribution in [0.15, 0.2) is 0 Å². The lowest BCUT2D eigenvalue weighted by molar-refractivity contribution is -0.162. The van der Waals surface area contributed by atoms with Crippen LogP contribution in [0.5, 0.6) is 0 Å². The fraction of sp³-hybridized carbons (Fsp3) is 0.917. The number of nitrogens with zero attached hydrogens (tertiary/aromatic N) is 1. The molecular formula is C12H23NO2. The van der Waals surface area contributed by atoms with E-state index in [1.807, 2.05) is 20.8 Å². The molecule has 1 atom stereocenters. The quantitative estimate of drug-likeness (QED) is 0.624. The van der Waals surface area contributed by atoms with Gasteiger partial charge in [-0.2, -0.15) is 0 Å². The van der Waals surface area contributed by atoms with Gasteiger partial charge in [-0.15, -0.1) is 0 Å². The van der Waals surface area contributed by atoms with Crippen molar-refractivity contribution in [3.63, 3.8) is 0 Å². The average Bonchev–Trinajstić information content (AvgIpc) is 2.23. The van der Waals surface area contributed by atoms with E-state index in [0.29, 0.717) is 0 Å². The number of carbonyl (C=O) groups excluding carboxylic acids is 1. The summed E-state index contributed by atoms with van der Waals surface area (Å²) in [4.78, 5) is 14.2. The summed E-state index contributed by atoms with van der Waals surface area (Å²) in [7, 11) is 2.06. The largest absolute Gasteiger partial charge is 0.460 e. The van der Waals surface area contributed by atoms with Crippen LogP contribution in [-0.2, 0) is 9.53 Å². The Hall–Kier alpha value is -0.570. The molecular weight excluding hydrogens is 190 g/mol. The van der Waals surface area contributed by atoms with E-state index in [1.165, 1.54) is 0 Å². The highest BCUT2D eigenvalue weighted by atomic mass is 16.6. The molecule has 0 amide bonds. The summed E-state index contributed by atoms with van der Waals surface area (Å²) in [6.45, 7) is 10.9. The van der Waals surface area contributed by atoms with Gasteiger partial charge in [0.15, 0.2) is 0 Å². The van der Waals surface area contributed by atoms with Gasteiger partial charge in [-0.25, -0.2) is 0 Å². The molecule has 0 aliphatic carbocycles. The molecule has 3 heteroatoms. The second-order valence-corrected chi connectivity index (χ2v) is 5.95. The van der Waals surface area contributed by atoms with Crippen molar-refractivity contribution < 1.29 is 9.53 Å². The second-order valence-electron chi connectivity index (χ2n) is 5.95. The number of ether oxygens (including phenoxy) is 1. The highest BCUT2D eigenvalue weighted by molar-refractivity contribution is 5.75. The molecule has 1 heterocycles. The zero-order valence-corrected chi connectivity index (χ0v) is 10.8. The van der Waals surface area contributed by atoms with Crippen LogP contribution in [0.1, 0.15) is 41.0 Å². The number of carbonyl (C=O) groups is 1. The van der Waals surface area contributed by atoms with E-state index in [9.17, 15) is 4.79 Å². The molecule has 0 bridgehead atoms. The maximum atomic E-state index is 12.0. The summed E-state index contributed by atoms with van der Waals surface area (Å²) in [5, 5.41) is 0. The molecule has 1 aliphatic heterocycles. The first-order chi connectivity index (χ1) is 6.64. The lowest BCUT2D eigenvalue weighted by Crippen LogP contribution is -2.44. The summed E-state index contributed by atoms with van der Waals surface area (Å²) in [5.41, 5.74) is -0.462. The van der Waals surface area contributed by atoms with Gasteiger partial charge in [-0.05, 0) is 54.6 Å². The molecule has 0 aromatic carbocycles. The fourth-order valence-electron chi connectivity index (χ4n) is 2.01. The van der Waals surface area contributed by atoms with Crippen molar-refractivity contribution in [3.8, 4) is 0 Å². The third-order valence-electron chi connectivity index (χ3n) is 3.28. The summed E-state index contributed by atoms with van der Waals surface area (Å²) in [5.74, 6) is -0.0569. The molecule has 15 heavy (non-hydrogen) atoms. The maximum absolute atomic E-state index is 12.0. The van der Waals surface area contributed by atoms with Crippen LogP contribution in [0.2, 0.25) is 0 Å². The highest BCUT2D eigenvalue weighted by Crippen LogP contribution is 2.34. The van der Waals surface area contributed by atoms with Gasteiger partial charge in [-0.1, -0.05) is 0 Å². The first kappa shape index (κ1) is 12.5. The van der Waals surface area contributed by atoms with Gasteiger partial charge in [-0.3, -0.25) is 4.79 Å². The van der Waals surface area contributed by atoms with E-state index in [1.54, 1.807) is 0 Å². The molecule has 1 fully saturated rings. The third-order valence-corrected chi connectivity index (χ3v) is 3.28. The van der Waals surface area contributed by atoms with Crippen molar-refractivity contribution in [1.29, 1.82) is 0 Å². The number of hydrogen-bond acceptors (Lipinski definition) is 3. The predicted molar refractivity (Wildman–Crippen MR) is 60.7 cm³/mol. The molecule has 88 valence electrons. The van der Waals surface area contributed by atoms with Gasteiger partial charge in [0.05, 0.1) is 5.92 Å². The van der Waals surface area contributed by atoms with Gasteiger partial charge in [0.1, 0.15) is 5.60 Å². The van der Waals surface area contributed by atoms with E-state index in [0.717, 1.165) is 13.0 Å². The zero-order valence-electron chi connectivity index (χ0n) is 10.8. The minimum atomic E-state index is -0.381. The number of likely N-dealkylation sites (tertiary alicyclic amines) is 1. The normalized spacial score (nSPS) is 26.7. The third kappa shape index (κ3) is 2.71. The summed E-state index contributed by atoms with van der Waals surface area (Å²) >= 11 is 0. The maximum Gasteiger partial charge on any atom is 0.311 e. The Labute approximate surface area is 92.8 Å². The van der Waals surface area contributed by atoms with E-state index in [-0.39, 0.29) is 23.0 Å². The molecule has 1 unspecified atom stereocenters. The van der Waals surface area contributed by atoms with Crippen molar-refractivity contribution >= 4 is 5.97 Å². The SMILES string of the molecule is CN1CCC(C(=O)OC(C)(C)C)C1(C)C. The van der Waals surface area contributed by atoms with Crippen molar-refractivity contribution in [2.24, 2.45) is 5.92 Å². The molecule has 1 rings (SSSR count). The Kier molecular flexibility index (Phi) is 3.15. The summed E-state index contributed by atoms with van der Waals surface area (Å²) in [6, 6.07) is 0. The molecule has 0 spiro atoms. The van der Waals surface area contributed by atoms with E-state index in [4.69, 9.17) is 4.74 Å². The fourth-order valence-corrected chi connectivity index (χ4v) is 2.01. The van der Waals surface area contributed by atoms with Crippen molar-refractivity contribution in [1.82, 2.24) is 4.90 Å². The van der Waals surface area contributed by atoms with Crippen molar-refractivity contribution in [3.05, 3.63) is 0 Å². The lowest BCUT2D eigenvalue weighted by Gasteiger charge is -2.33. The number of rotatable bonds is 1. The van der Waals surface area contributed by atoms with Crippen LogP contribution >= 0.6 is 0 Å². The minimum Gasteiger partial charge on any atom is -0.460 e. The first-order valence-electron chi connectivity index (χ1n) is 5.59. The molecule has 0 aromatic rings. The monoisotopic (exact) mass is 213 g/mol. The Morgan fingerprint density at radius 2 is 1.93 bits per heavy atom. The van der Waals surface area contributed by atoms with Crippen LogP contribution in [0.25, 0.3) is 0 Å². The van der Waals surface area contributed by atoms with Gasteiger partial charge in [0.2, 0.25) is 0 Å². The Balaban J connectivity index is 2.70. The number of esters is 1. The summed E-state index contributed by atoms with van der Waals surface area (Å²) < 4.78 is 5.44. The molecule has 0 radical (unpaired) electrons. The predicted octanol–water partition coefficient (Wildman–Crippen LogP) is 2.06. The van der Waals surface area contributed by atoms with Crippen molar-refractivity contribution in [2.75, 3.05) is 13.6 Å². The molecule has 1 saturated heterocycles. The highest BCUT2D eigenvalue weighted by Gasteiger charge is 2.45. The molecule has 0 N–H and O–H groups in total. The molecule has 3 nitrogen and oxygen atoms in total. The van der Waals surface area contributed by atoms with E-state index < -0.39 is 0 Å². The van der Waals surface area contributed by atoms with Crippen LogP contribution < -0.4 is 0 Å². The van der Waals surface area contributed by atoms with Crippen LogP contribution in [-0.4, -0.2) is 35.6 Å². The van der Waals surface area contributed by atoms with E-state index >= 15 is 0 Å². The van der Waals surface area contributed by atoms with Crippen LogP contribution in [0, 0.1) is 5.92 Å². The first-order valence-corrected chi connectivity index (χ1v) is 5.59. The smallest absolute Gasteiger partial charge is 0.311 e. The van der Waals surface area contributed by atoms with Gasteiger partial charge in [0.25, 0.3) is 0 Å². The molecule has 0 saturated carbocycles. The van der Waals surface area contributed by atoms with Gasteiger partial charge >= 0.3 is 5.97 Å². The topological polar surface area (TPSA) is 29.5 Å². The van der Waals surface area contributed by atoms with E-state index in [2.05, 4.69) is 25.8 Å². The summed E-state index contributed by atoms with van der Waals surface area (Å²) in [6.07, 6.45) is 0.901. The Morgan fingerprint density at radius 3 is 2.27 bits per heavy atom. The standard InChI is InChI=1S/C12H23NO2/c1-11(2,3)15-10(14)9-7-8-13(6)12(9,4)5/h9H,7-8H2,1-6H3. The van der Waals surface area contributed by atoms with Gasteiger partial charge in [0, 0.05) is 5.54 Å². The average molecular weight is 213 g/mol. The molecule has 1 aliphatic rings. The van der Waals surface area contributed by atoms with Crippen LogP contribution in [0.4, 0.5) is 0 Å². The second kappa shape index (κ2) is 3.78. The number of hydrogen-bond donors (Lipinski definition) is 0. The van der Waals surface area contributed by atoms with Crippen LogP contribution in [0.3, 0.4) is 0 Å². The van der Waals surface area contributed by atoms with Crippen molar-refractivity contribution in [2.45, 2.75) is 52.2 Å². The zero-order chi connectivity index (χ0) is 11.9. The Morgan fingerprint density at radius 1 is 1.40 bits per heavy atom.